The number of carboxylic acids is 1. The summed E-state index contributed by atoms with van der Waals surface area (Å²) in [6, 6.07) is 22.3. The van der Waals surface area contributed by atoms with E-state index in [1.54, 1.807) is 6.07 Å². The zero-order chi connectivity index (χ0) is 29.9. The number of fused-ring (bicyclic) bond motifs is 1. The molecule has 10 heteroatoms. The number of esters is 2. The Kier molecular flexibility index (Phi) is 10.7. The zero-order valence-corrected chi connectivity index (χ0v) is 23.5. The fraction of sp³-hybridized carbons (Fsp3) is 0.281. The topological polar surface area (TPSA) is 133 Å². The zero-order valence-electron chi connectivity index (χ0n) is 23.5. The highest BCUT2D eigenvalue weighted by molar-refractivity contribution is 6.03. The number of aromatic carboxylic acids is 1. The summed E-state index contributed by atoms with van der Waals surface area (Å²) in [7, 11) is 1.26. The first-order valence-corrected chi connectivity index (χ1v) is 13.4. The van der Waals surface area contributed by atoms with Crippen LogP contribution in [0.3, 0.4) is 0 Å². The van der Waals surface area contributed by atoms with E-state index in [9.17, 15) is 19.5 Å². The number of benzene rings is 3. The molecule has 3 aromatic carbocycles. The Morgan fingerprint density at radius 3 is 2.19 bits per heavy atom. The summed E-state index contributed by atoms with van der Waals surface area (Å²) in [5, 5.41) is 10.7. The van der Waals surface area contributed by atoms with Crippen molar-refractivity contribution in [3.8, 4) is 5.75 Å². The summed E-state index contributed by atoms with van der Waals surface area (Å²) >= 11 is 0. The molecule has 220 valence electrons. The van der Waals surface area contributed by atoms with Gasteiger partial charge in [-0.1, -0.05) is 60.7 Å². The number of hydrogen-bond donors (Lipinski definition) is 2. The molecule has 0 saturated heterocycles. The van der Waals surface area contributed by atoms with Crippen LogP contribution in [0, 0.1) is 0 Å². The second-order valence-corrected chi connectivity index (χ2v) is 9.48. The Labute approximate surface area is 243 Å². The van der Waals surface area contributed by atoms with E-state index >= 15 is 0 Å². The highest BCUT2D eigenvalue weighted by Crippen LogP contribution is 2.34. The molecular formula is C32H33NO9. The first kappa shape index (κ1) is 30.3. The van der Waals surface area contributed by atoms with Crippen molar-refractivity contribution in [2.24, 2.45) is 0 Å². The average Bonchev–Trinajstić information content (AvgIpc) is 3.45. The Morgan fingerprint density at radius 1 is 0.905 bits per heavy atom. The minimum absolute atomic E-state index is 0.0169. The molecule has 1 heterocycles. The van der Waals surface area contributed by atoms with Gasteiger partial charge in [-0.25, -0.2) is 9.59 Å². The Balaban J connectivity index is 1.67. The maximum Gasteiger partial charge on any atom is 0.354 e. The molecule has 4 rings (SSSR count). The van der Waals surface area contributed by atoms with Crippen LogP contribution >= 0.6 is 0 Å². The number of aromatic amines is 1. The first-order chi connectivity index (χ1) is 20.4. The van der Waals surface area contributed by atoms with E-state index in [1.165, 1.54) is 20.1 Å². The third-order valence-corrected chi connectivity index (χ3v) is 6.45. The van der Waals surface area contributed by atoms with E-state index in [0.29, 0.717) is 29.7 Å². The van der Waals surface area contributed by atoms with Crippen LogP contribution < -0.4 is 4.74 Å². The minimum atomic E-state index is -1.18. The Morgan fingerprint density at radius 2 is 1.57 bits per heavy atom. The highest BCUT2D eigenvalue weighted by atomic mass is 16.6. The van der Waals surface area contributed by atoms with E-state index < -0.39 is 24.0 Å². The number of ether oxygens (including phenoxy) is 5. The summed E-state index contributed by atoms with van der Waals surface area (Å²) in [5.41, 5.74) is 2.92. The molecule has 0 fully saturated rings. The van der Waals surface area contributed by atoms with Crippen molar-refractivity contribution in [2.75, 3.05) is 26.9 Å². The van der Waals surface area contributed by atoms with Crippen molar-refractivity contribution in [3.63, 3.8) is 0 Å². The SMILES string of the molecule is COC(=O)c1cc2c(C[C@@H](COCc3ccccc3)OCc3ccccc3)c(C(=O)O)cc(OCCOC(C)=O)c2[nH]1. The van der Waals surface area contributed by atoms with Gasteiger partial charge in [0.15, 0.2) is 0 Å². The fourth-order valence-electron chi connectivity index (χ4n) is 4.47. The molecule has 10 nitrogen and oxygen atoms in total. The lowest BCUT2D eigenvalue weighted by atomic mass is 9.96. The lowest BCUT2D eigenvalue weighted by molar-refractivity contribution is -0.141. The van der Waals surface area contributed by atoms with Crippen molar-refractivity contribution in [3.05, 3.63) is 101 Å². The normalized spacial score (nSPS) is 11.7. The molecular weight excluding hydrogens is 542 g/mol. The molecule has 0 amide bonds. The number of hydrogen-bond acceptors (Lipinski definition) is 8. The van der Waals surface area contributed by atoms with Gasteiger partial charge in [0.25, 0.3) is 0 Å². The van der Waals surface area contributed by atoms with Crippen molar-refractivity contribution in [1.29, 1.82) is 0 Å². The van der Waals surface area contributed by atoms with Crippen LogP contribution in [0.1, 0.15) is 44.5 Å². The molecule has 2 N–H and O–H groups in total. The van der Waals surface area contributed by atoms with Crippen molar-refractivity contribution in [2.45, 2.75) is 32.7 Å². The van der Waals surface area contributed by atoms with E-state index in [2.05, 4.69) is 4.98 Å². The fourth-order valence-corrected chi connectivity index (χ4v) is 4.47. The molecule has 0 aliphatic carbocycles. The maximum atomic E-state index is 12.5. The summed E-state index contributed by atoms with van der Waals surface area (Å²) in [6.45, 7) is 2.08. The van der Waals surface area contributed by atoms with Gasteiger partial charge < -0.3 is 33.8 Å². The average molecular weight is 576 g/mol. The Hall–Kier alpha value is -4.67. The van der Waals surface area contributed by atoms with Gasteiger partial charge in [-0.3, -0.25) is 4.79 Å². The third-order valence-electron chi connectivity index (χ3n) is 6.45. The molecule has 0 radical (unpaired) electrons. The molecule has 0 bridgehead atoms. The Bertz CT molecular complexity index is 1500. The molecule has 0 saturated carbocycles. The van der Waals surface area contributed by atoms with Crippen molar-refractivity contribution >= 4 is 28.8 Å². The van der Waals surface area contributed by atoms with Gasteiger partial charge in [0.2, 0.25) is 0 Å². The van der Waals surface area contributed by atoms with Crippen LogP contribution in [0.15, 0.2) is 72.8 Å². The van der Waals surface area contributed by atoms with Crippen LogP contribution in [0.2, 0.25) is 0 Å². The predicted octanol–water partition coefficient (Wildman–Crippen LogP) is 4.94. The number of methoxy groups -OCH3 is 1. The smallest absolute Gasteiger partial charge is 0.354 e. The quantitative estimate of drug-likeness (QED) is 0.149. The largest absolute Gasteiger partial charge is 0.488 e. The third kappa shape index (κ3) is 8.18. The molecule has 0 aliphatic rings. The van der Waals surface area contributed by atoms with E-state index in [-0.39, 0.29) is 43.2 Å². The molecule has 1 atom stereocenters. The highest BCUT2D eigenvalue weighted by Gasteiger charge is 2.25. The number of carbonyl (C=O) groups is 3. The van der Waals surface area contributed by atoms with Crippen LogP contribution in [-0.4, -0.2) is 61.0 Å². The summed E-state index contributed by atoms with van der Waals surface area (Å²) in [5.74, 6) is -2.07. The lowest BCUT2D eigenvalue weighted by Crippen LogP contribution is -2.24. The van der Waals surface area contributed by atoms with Gasteiger partial charge in [0.05, 0.1) is 44.1 Å². The van der Waals surface area contributed by atoms with Gasteiger partial charge in [-0.15, -0.1) is 0 Å². The van der Waals surface area contributed by atoms with Gasteiger partial charge in [0.1, 0.15) is 24.7 Å². The number of carboxylic acid groups (broad SMARTS) is 1. The van der Waals surface area contributed by atoms with Crippen LogP contribution in [0.25, 0.3) is 10.9 Å². The number of aromatic nitrogens is 1. The predicted molar refractivity (Wildman–Crippen MR) is 154 cm³/mol. The summed E-state index contributed by atoms with van der Waals surface area (Å²) in [4.78, 5) is 39.0. The monoisotopic (exact) mass is 575 g/mol. The van der Waals surface area contributed by atoms with Crippen molar-refractivity contribution < 1.29 is 43.2 Å². The van der Waals surface area contributed by atoms with Gasteiger partial charge in [0, 0.05) is 18.7 Å². The standard InChI is InChI=1S/C32H33NO9/c1-21(34)40-13-14-41-29-17-27(31(35)36)25(26-16-28(32(37)38-2)33-30(26)29)15-24(42-19-23-11-7-4-8-12-23)20-39-18-22-9-5-3-6-10-22/h3-12,16-17,24,33H,13-15,18-20H2,1-2H3,(H,35,36)/t24-/m0/s1. The van der Waals surface area contributed by atoms with E-state index in [4.69, 9.17) is 23.7 Å². The molecule has 0 aliphatic heterocycles. The minimum Gasteiger partial charge on any atom is -0.488 e. The maximum absolute atomic E-state index is 12.5. The van der Waals surface area contributed by atoms with Crippen LogP contribution in [0.4, 0.5) is 0 Å². The van der Waals surface area contributed by atoms with E-state index in [1.807, 2.05) is 60.7 Å². The van der Waals surface area contributed by atoms with E-state index in [0.717, 1.165) is 11.1 Å². The van der Waals surface area contributed by atoms with Crippen LogP contribution in [0.5, 0.6) is 5.75 Å². The number of carbonyl (C=O) groups excluding carboxylic acids is 2. The molecule has 4 aromatic rings. The second kappa shape index (κ2) is 14.8. The second-order valence-electron chi connectivity index (χ2n) is 9.48. The number of rotatable bonds is 15. The molecule has 0 spiro atoms. The number of H-pyrrole nitrogens is 1. The summed E-state index contributed by atoms with van der Waals surface area (Å²) < 4.78 is 27.9. The van der Waals surface area contributed by atoms with Crippen LogP contribution in [-0.2, 0) is 43.4 Å². The lowest BCUT2D eigenvalue weighted by Gasteiger charge is -2.21. The van der Waals surface area contributed by atoms with Crippen molar-refractivity contribution in [1.82, 2.24) is 4.98 Å². The molecule has 42 heavy (non-hydrogen) atoms. The molecule has 0 unspecified atom stereocenters. The first-order valence-electron chi connectivity index (χ1n) is 13.4. The van der Waals surface area contributed by atoms with Gasteiger partial charge in [-0.05, 0) is 28.8 Å². The number of nitrogens with one attached hydrogen (secondary N) is 1. The summed E-state index contributed by atoms with van der Waals surface area (Å²) in [6.07, 6.45) is -0.353. The molecule has 1 aromatic heterocycles. The van der Waals surface area contributed by atoms with Gasteiger partial charge in [-0.2, -0.15) is 0 Å². The van der Waals surface area contributed by atoms with Gasteiger partial charge >= 0.3 is 17.9 Å².